The number of aromatic nitrogens is 2. The van der Waals surface area contributed by atoms with Crippen molar-refractivity contribution in [2.24, 2.45) is 0 Å². The number of nitrogens with one attached hydrogen (secondary N) is 2. The van der Waals surface area contributed by atoms with E-state index in [1.807, 2.05) is 5.38 Å². The Bertz CT molecular complexity index is 262. The summed E-state index contributed by atoms with van der Waals surface area (Å²) in [6, 6.07) is 1.14. The fourth-order valence-corrected chi connectivity index (χ4v) is 2.27. The lowest BCUT2D eigenvalue weighted by Crippen LogP contribution is -2.49. The summed E-state index contributed by atoms with van der Waals surface area (Å²) in [5, 5.41) is 13.0. The van der Waals surface area contributed by atoms with Gasteiger partial charge >= 0.3 is 0 Å². The molecule has 1 fully saturated rings. The van der Waals surface area contributed by atoms with Crippen LogP contribution in [0.25, 0.3) is 0 Å². The average Bonchev–Trinajstić information content (AvgIpc) is 2.69. The van der Waals surface area contributed by atoms with Gasteiger partial charge in [0.2, 0.25) is 0 Å². The minimum absolute atomic E-state index is 0.565. The summed E-state index contributed by atoms with van der Waals surface area (Å²) in [5.74, 6) is 0. The molecule has 0 radical (unpaired) electrons. The van der Waals surface area contributed by atoms with E-state index in [2.05, 4.69) is 27.1 Å². The first-order valence-corrected chi connectivity index (χ1v) is 5.92. The third-order valence-corrected chi connectivity index (χ3v) is 3.27. The molecule has 2 heterocycles. The third kappa shape index (κ3) is 2.50. The summed E-state index contributed by atoms with van der Waals surface area (Å²) in [6.07, 6.45) is 2.52. The highest BCUT2D eigenvalue weighted by molar-refractivity contribution is 7.03. The second-order valence-corrected chi connectivity index (χ2v) is 4.38. The molecule has 1 saturated heterocycles. The fraction of sp³-hybridized carbons (Fsp3) is 0.778. The molecule has 1 aromatic rings. The van der Waals surface area contributed by atoms with E-state index < -0.39 is 0 Å². The summed E-state index contributed by atoms with van der Waals surface area (Å²) in [7, 11) is 0. The van der Waals surface area contributed by atoms with Crippen molar-refractivity contribution in [1.29, 1.82) is 0 Å². The zero-order valence-electron chi connectivity index (χ0n) is 8.36. The van der Waals surface area contributed by atoms with Crippen LogP contribution in [0.4, 0.5) is 0 Å². The number of nitrogens with zero attached hydrogens (tertiary/aromatic N) is 2. The van der Waals surface area contributed by atoms with Gasteiger partial charge in [0, 0.05) is 24.0 Å². The molecule has 1 aliphatic heterocycles. The molecule has 14 heavy (non-hydrogen) atoms. The van der Waals surface area contributed by atoms with Crippen molar-refractivity contribution >= 4 is 11.5 Å². The van der Waals surface area contributed by atoms with Gasteiger partial charge in [-0.1, -0.05) is 4.49 Å². The molecule has 2 N–H and O–H groups in total. The standard InChI is InChI=1S/C9H16N4S/c1-7-9(3-2-4-10-7)11-5-8-6-14-13-12-8/h6-7,9-11H,2-5H2,1H3. The van der Waals surface area contributed by atoms with Crippen LogP contribution in [0.3, 0.4) is 0 Å². The van der Waals surface area contributed by atoms with E-state index in [0.29, 0.717) is 12.1 Å². The molecule has 0 aliphatic carbocycles. The van der Waals surface area contributed by atoms with Crippen LogP contribution in [-0.4, -0.2) is 28.2 Å². The van der Waals surface area contributed by atoms with Crippen LogP contribution in [0.5, 0.6) is 0 Å². The van der Waals surface area contributed by atoms with Crippen LogP contribution in [0.15, 0.2) is 5.38 Å². The second kappa shape index (κ2) is 4.82. The minimum Gasteiger partial charge on any atom is -0.313 e. The highest BCUT2D eigenvalue weighted by Crippen LogP contribution is 2.09. The van der Waals surface area contributed by atoms with Gasteiger partial charge in [0.25, 0.3) is 0 Å². The van der Waals surface area contributed by atoms with E-state index >= 15 is 0 Å². The Morgan fingerprint density at radius 2 is 2.64 bits per heavy atom. The lowest BCUT2D eigenvalue weighted by molar-refractivity contribution is 0.315. The van der Waals surface area contributed by atoms with E-state index in [9.17, 15) is 0 Å². The normalized spacial score (nSPS) is 27.8. The molecule has 5 heteroatoms. The molecule has 1 aliphatic rings. The zero-order chi connectivity index (χ0) is 9.80. The maximum absolute atomic E-state index is 4.01. The van der Waals surface area contributed by atoms with Gasteiger partial charge in [-0.05, 0) is 37.8 Å². The van der Waals surface area contributed by atoms with Gasteiger partial charge in [-0.25, -0.2) is 0 Å². The molecular formula is C9H16N4S. The Morgan fingerprint density at radius 3 is 3.36 bits per heavy atom. The number of hydrogen-bond acceptors (Lipinski definition) is 5. The van der Waals surface area contributed by atoms with Gasteiger partial charge in [-0.2, -0.15) is 0 Å². The summed E-state index contributed by atoms with van der Waals surface area (Å²) in [4.78, 5) is 0. The maximum Gasteiger partial charge on any atom is 0.0893 e. The molecule has 4 nitrogen and oxygen atoms in total. The van der Waals surface area contributed by atoms with Crippen LogP contribution in [0.2, 0.25) is 0 Å². The molecule has 2 unspecified atom stereocenters. The van der Waals surface area contributed by atoms with Crippen molar-refractivity contribution in [3.63, 3.8) is 0 Å². The average molecular weight is 212 g/mol. The monoisotopic (exact) mass is 212 g/mol. The van der Waals surface area contributed by atoms with Crippen molar-refractivity contribution in [2.75, 3.05) is 6.54 Å². The van der Waals surface area contributed by atoms with Crippen molar-refractivity contribution in [3.05, 3.63) is 11.1 Å². The highest BCUT2D eigenvalue weighted by atomic mass is 32.1. The van der Waals surface area contributed by atoms with Crippen molar-refractivity contribution in [3.8, 4) is 0 Å². The predicted octanol–water partition coefficient (Wildman–Crippen LogP) is 0.768. The second-order valence-electron chi connectivity index (χ2n) is 3.77. The molecule has 2 atom stereocenters. The first-order valence-electron chi connectivity index (χ1n) is 5.09. The Hall–Kier alpha value is -0.520. The van der Waals surface area contributed by atoms with Gasteiger partial charge in [-0.15, -0.1) is 5.10 Å². The van der Waals surface area contributed by atoms with Crippen molar-refractivity contribution in [2.45, 2.75) is 38.4 Å². The Balaban J connectivity index is 1.79. The Labute approximate surface area is 88.3 Å². The molecule has 1 aromatic heterocycles. The van der Waals surface area contributed by atoms with Crippen molar-refractivity contribution < 1.29 is 0 Å². The van der Waals surface area contributed by atoms with E-state index in [1.165, 1.54) is 24.4 Å². The van der Waals surface area contributed by atoms with Gasteiger partial charge in [0.15, 0.2) is 0 Å². The molecule has 2 rings (SSSR count). The summed E-state index contributed by atoms with van der Waals surface area (Å²) in [5.41, 5.74) is 1.05. The van der Waals surface area contributed by atoms with Crippen LogP contribution < -0.4 is 10.6 Å². The molecule has 78 valence electrons. The summed E-state index contributed by atoms with van der Waals surface area (Å²) in [6.45, 7) is 4.22. The quantitative estimate of drug-likeness (QED) is 0.777. The zero-order valence-corrected chi connectivity index (χ0v) is 9.18. The van der Waals surface area contributed by atoms with Crippen LogP contribution in [0.1, 0.15) is 25.5 Å². The molecule has 0 aromatic carbocycles. The first kappa shape index (κ1) is 10.0. The first-order chi connectivity index (χ1) is 6.86. The smallest absolute Gasteiger partial charge is 0.0893 e. The van der Waals surface area contributed by atoms with Crippen LogP contribution in [0, 0.1) is 0 Å². The maximum atomic E-state index is 4.01. The predicted molar refractivity (Wildman–Crippen MR) is 57.2 cm³/mol. The summed E-state index contributed by atoms with van der Waals surface area (Å²) < 4.78 is 3.84. The minimum atomic E-state index is 0.565. The van der Waals surface area contributed by atoms with E-state index in [4.69, 9.17) is 0 Å². The SMILES string of the molecule is CC1NCCCC1NCc1csnn1. The number of rotatable bonds is 3. The van der Waals surface area contributed by atoms with E-state index in [1.54, 1.807) is 0 Å². The van der Waals surface area contributed by atoms with Gasteiger partial charge in [-0.3, -0.25) is 0 Å². The Kier molecular flexibility index (Phi) is 3.44. The van der Waals surface area contributed by atoms with Crippen LogP contribution in [-0.2, 0) is 6.54 Å². The van der Waals surface area contributed by atoms with E-state index in [0.717, 1.165) is 18.8 Å². The van der Waals surface area contributed by atoms with Gasteiger partial charge < -0.3 is 10.6 Å². The molecule has 0 amide bonds. The molecular weight excluding hydrogens is 196 g/mol. The van der Waals surface area contributed by atoms with Crippen LogP contribution >= 0.6 is 11.5 Å². The molecule has 0 bridgehead atoms. The topological polar surface area (TPSA) is 49.8 Å². The lowest BCUT2D eigenvalue weighted by atomic mass is 10.00. The number of piperidine rings is 1. The van der Waals surface area contributed by atoms with Crippen molar-refractivity contribution in [1.82, 2.24) is 20.2 Å². The van der Waals surface area contributed by atoms with E-state index in [-0.39, 0.29) is 0 Å². The highest BCUT2D eigenvalue weighted by Gasteiger charge is 2.19. The number of hydrogen-bond donors (Lipinski definition) is 2. The van der Waals surface area contributed by atoms with Gasteiger partial charge in [0.1, 0.15) is 0 Å². The third-order valence-electron chi connectivity index (χ3n) is 2.71. The lowest BCUT2D eigenvalue weighted by Gasteiger charge is -2.30. The van der Waals surface area contributed by atoms with Gasteiger partial charge in [0.05, 0.1) is 5.69 Å². The summed E-state index contributed by atoms with van der Waals surface area (Å²) >= 11 is 1.41. The molecule has 0 saturated carbocycles. The Morgan fingerprint density at radius 1 is 1.71 bits per heavy atom. The fourth-order valence-electron chi connectivity index (χ4n) is 1.82. The molecule has 0 spiro atoms. The largest absolute Gasteiger partial charge is 0.313 e.